The van der Waals surface area contributed by atoms with Crippen LogP contribution in [-0.4, -0.2) is 37.5 Å². The molecule has 0 spiro atoms. The molecule has 0 saturated carbocycles. The molecule has 1 aromatic heterocycles. The van der Waals surface area contributed by atoms with Crippen LogP contribution in [0.2, 0.25) is 0 Å². The van der Waals surface area contributed by atoms with Crippen LogP contribution in [0.25, 0.3) is 16.8 Å². The lowest BCUT2D eigenvalue weighted by Gasteiger charge is -2.17. The van der Waals surface area contributed by atoms with Gasteiger partial charge in [-0.05, 0) is 52.7 Å². The van der Waals surface area contributed by atoms with Crippen molar-refractivity contribution < 1.29 is 23.5 Å². The van der Waals surface area contributed by atoms with Gasteiger partial charge in [0.25, 0.3) is 5.91 Å². The largest absolute Gasteiger partial charge is 0.497 e. The number of amides is 1. The zero-order chi connectivity index (χ0) is 19.9. The van der Waals surface area contributed by atoms with Gasteiger partial charge in [0.15, 0.2) is 6.61 Å². The highest BCUT2D eigenvalue weighted by atomic mass is 16.5. The molecule has 0 saturated heterocycles. The summed E-state index contributed by atoms with van der Waals surface area (Å²) in [5.41, 5.74) is 0.984. The average Bonchev–Trinajstić information content (AvgIpc) is 3.23. The van der Waals surface area contributed by atoms with E-state index in [9.17, 15) is 9.59 Å². The number of carbonyl (C=O) groups is 2. The summed E-state index contributed by atoms with van der Waals surface area (Å²) in [6.45, 7) is 0.100. The van der Waals surface area contributed by atoms with Crippen molar-refractivity contribution in [3.63, 3.8) is 0 Å². The maximum atomic E-state index is 12.2. The Labute approximate surface area is 163 Å². The highest BCUT2D eigenvalue weighted by molar-refractivity contribution is 5.89. The van der Waals surface area contributed by atoms with E-state index >= 15 is 0 Å². The van der Waals surface area contributed by atoms with Gasteiger partial charge in [0.1, 0.15) is 11.5 Å². The summed E-state index contributed by atoms with van der Waals surface area (Å²) in [5, 5.41) is 2.13. The predicted octanol–water partition coefficient (Wildman–Crippen LogP) is 3.66. The molecule has 144 valence electrons. The van der Waals surface area contributed by atoms with E-state index in [2.05, 4.69) is 0 Å². The number of fused-ring (bicyclic) bond motifs is 1. The van der Waals surface area contributed by atoms with Crippen LogP contribution in [0, 0.1) is 0 Å². The number of furan rings is 1. The first-order valence-corrected chi connectivity index (χ1v) is 8.74. The molecule has 1 heterocycles. The summed E-state index contributed by atoms with van der Waals surface area (Å²) in [6.07, 6.45) is 4.22. The lowest BCUT2D eigenvalue weighted by molar-refractivity contribution is -0.147. The minimum absolute atomic E-state index is 0.283. The molecule has 2 aromatic carbocycles. The van der Waals surface area contributed by atoms with Crippen LogP contribution in [0.15, 0.2) is 65.3 Å². The summed E-state index contributed by atoms with van der Waals surface area (Å²) in [7, 11) is 3.31. The molecular weight excluding hydrogens is 358 g/mol. The van der Waals surface area contributed by atoms with Crippen LogP contribution in [0.1, 0.15) is 11.3 Å². The highest BCUT2D eigenvalue weighted by Crippen LogP contribution is 2.22. The molecule has 28 heavy (non-hydrogen) atoms. The van der Waals surface area contributed by atoms with Gasteiger partial charge in [0.05, 0.1) is 13.4 Å². The van der Waals surface area contributed by atoms with Gasteiger partial charge < -0.3 is 18.8 Å². The van der Waals surface area contributed by atoms with Gasteiger partial charge in [-0.1, -0.05) is 18.2 Å². The van der Waals surface area contributed by atoms with Crippen molar-refractivity contribution in [1.82, 2.24) is 4.90 Å². The number of ether oxygens (including phenoxy) is 2. The Morgan fingerprint density at radius 3 is 2.64 bits per heavy atom. The number of methoxy groups -OCH3 is 1. The fourth-order valence-corrected chi connectivity index (χ4v) is 2.69. The second kappa shape index (κ2) is 8.90. The summed E-state index contributed by atoms with van der Waals surface area (Å²) >= 11 is 0. The molecule has 3 aromatic rings. The zero-order valence-electron chi connectivity index (χ0n) is 15.8. The molecule has 0 bridgehead atoms. The molecule has 1 amide bonds. The van der Waals surface area contributed by atoms with E-state index in [0.717, 1.165) is 22.1 Å². The first-order chi connectivity index (χ1) is 13.5. The van der Waals surface area contributed by atoms with Crippen molar-refractivity contribution in [3.05, 3.63) is 72.2 Å². The Bertz CT molecular complexity index is 991. The van der Waals surface area contributed by atoms with Crippen LogP contribution in [0.3, 0.4) is 0 Å². The summed E-state index contributed by atoms with van der Waals surface area (Å²) in [4.78, 5) is 25.4. The molecule has 0 atom stereocenters. The minimum Gasteiger partial charge on any atom is -0.497 e. The molecule has 6 nitrogen and oxygen atoms in total. The van der Waals surface area contributed by atoms with E-state index in [1.165, 1.54) is 23.3 Å². The molecule has 0 aliphatic rings. The van der Waals surface area contributed by atoms with E-state index in [1.807, 2.05) is 36.4 Å². The monoisotopic (exact) mass is 379 g/mol. The predicted molar refractivity (Wildman–Crippen MR) is 106 cm³/mol. The molecule has 0 N–H and O–H groups in total. The maximum absolute atomic E-state index is 12.2. The van der Waals surface area contributed by atoms with E-state index in [0.29, 0.717) is 12.3 Å². The smallest absolute Gasteiger partial charge is 0.331 e. The topological polar surface area (TPSA) is 69.0 Å². The minimum atomic E-state index is -0.599. The Kier molecular flexibility index (Phi) is 6.11. The Hall–Kier alpha value is -3.54. The maximum Gasteiger partial charge on any atom is 0.331 e. The van der Waals surface area contributed by atoms with Crippen LogP contribution in [0.4, 0.5) is 0 Å². The third kappa shape index (κ3) is 5.01. The van der Waals surface area contributed by atoms with Gasteiger partial charge in [-0.25, -0.2) is 4.79 Å². The first-order valence-electron chi connectivity index (χ1n) is 8.74. The fraction of sp³-hybridized carbons (Fsp3) is 0.182. The third-order valence-electron chi connectivity index (χ3n) is 4.22. The second-order valence-corrected chi connectivity index (χ2v) is 6.25. The number of benzene rings is 2. The average molecular weight is 379 g/mol. The number of likely N-dealkylation sites (N-methyl/N-ethyl adjacent to an activating group) is 1. The normalized spacial score (nSPS) is 10.9. The highest BCUT2D eigenvalue weighted by Gasteiger charge is 2.12. The number of nitrogens with zero attached hydrogens (tertiary/aromatic N) is 1. The van der Waals surface area contributed by atoms with Crippen molar-refractivity contribution >= 4 is 28.7 Å². The Morgan fingerprint density at radius 2 is 1.89 bits per heavy atom. The lowest BCUT2D eigenvalue weighted by atomic mass is 10.1. The first kappa shape index (κ1) is 19.2. The second-order valence-electron chi connectivity index (χ2n) is 6.25. The van der Waals surface area contributed by atoms with Gasteiger partial charge in [-0.3, -0.25) is 4.79 Å². The van der Waals surface area contributed by atoms with Gasteiger partial charge in [-0.2, -0.15) is 0 Å². The molecule has 6 heteroatoms. The number of hydrogen-bond acceptors (Lipinski definition) is 5. The van der Waals surface area contributed by atoms with Gasteiger partial charge >= 0.3 is 5.97 Å². The molecular formula is C22H21NO5. The van der Waals surface area contributed by atoms with Crippen molar-refractivity contribution in [2.75, 3.05) is 20.8 Å². The SMILES string of the molecule is COc1ccc2cc(CN(C)C(=O)COC(=O)/C=C/c3ccco3)ccc2c1. The zero-order valence-corrected chi connectivity index (χ0v) is 15.8. The van der Waals surface area contributed by atoms with Crippen molar-refractivity contribution in [3.8, 4) is 5.75 Å². The molecule has 0 aliphatic carbocycles. The van der Waals surface area contributed by atoms with E-state index in [-0.39, 0.29) is 12.5 Å². The van der Waals surface area contributed by atoms with Gasteiger partial charge in [-0.15, -0.1) is 0 Å². The number of esters is 1. The van der Waals surface area contributed by atoms with Crippen molar-refractivity contribution in [1.29, 1.82) is 0 Å². The van der Waals surface area contributed by atoms with Crippen LogP contribution < -0.4 is 4.74 Å². The van der Waals surface area contributed by atoms with Crippen molar-refractivity contribution in [2.24, 2.45) is 0 Å². The van der Waals surface area contributed by atoms with Gasteiger partial charge in [0.2, 0.25) is 0 Å². The van der Waals surface area contributed by atoms with Crippen LogP contribution in [0.5, 0.6) is 5.75 Å². The van der Waals surface area contributed by atoms with Crippen molar-refractivity contribution in [2.45, 2.75) is 6.54 Å². The van der Waals surface area contributed by atoms with E-state index in [1.54, 1.807) is 26.3 Å². The quantitative estimate of drug-likeness (QED) is 0.463. The van der Waals surface area contributed by atoms with E-state index in [4.69, 9.17) is 13.9 Å². The van der Waals surface area contributed by atoms with Crippen LogP contribution >= 0.6 is 0 Å². The van der Waals surface area contributed by atoms with Crippen LogP contribution in [-0.2, 0) is 20.9 Å². The number of hydrogen-bond donors (Lipinski definition) is 0. The molecule has 0 radical (unpaired) electrons. The molecule has 0 unspecified atom stereocenters. The third-order valence-corrected chi connectivity index (χ3v) is 4.22. The van der Waals surface area contributed by atoms with Gasteiger partial charge in [0, 0.05) is 19.7 Å². The lowest BCUT2D eigenvalue weighted by Crippen LogP contribution is -2.30. The number of rotatable bonds is 7. The van der Waals surface area contributed by atoms with E-state index < -0.39 is 5.97 Å². The molecule has 3 rings (SSSR count). The summed E-state index contributed by atoms with van der Waals surface area (Å²) in [5.74, 6) is 0.456. The Morgan fingerprint density at radius 1 is 1.11 bits per heavy atom. The fourth-order valence-electron chi connectivity index (χ4n) is 2.69. The molecule has 0 fully saturated rings. The molecule has 0 aliphatic heterocycles. The Balaban J connectivity index is 1.53. The summed E-state index contributed by atoms with van der Waals surface area (Å²) in [6, 6.07) is 15.2. The standard InChI is InChI=1S/C22H21NO5/c1-23(21(24)15-28-22(25)10-9-19-4-3-11-27-19)14-16-5-6-18-13-20(26-2)8-7-17(18)12-16/h3-13H,14-15H2,1-2H3/b10-9+. The summed E-state index contributed by atoms with van der Waals surface area (Å²) < 4.78 is 15.3. The number of carbonyl (C=O) groups excluding carboxylic acids is 2.